The summed E-state index contributed by atoms with van der Waals surface area (Å²) in [6.45, 7) is 2.07. The maximum Gasteiger partial charge on any atom is 0.0407 e. The van der Waals surface area contributed by atoms with Crippen molar-refractivity contribution >= 4 is 11.6 Å². The van der Waals surface area contributed by atoms with Crippen molar-refractivity contribution in [2.24, 2.45) is 5.73 Å². The lowest BCUT2D eigenvalue weighted by molar-refractivity contribution is 0.456. The SMILES string of the molecule is CCC(N)(CCl)Cc1ccccc1. The molecule has 13 heavy (non-hydrogen) atoms. The second-order valence-electron chi connectivity index (χ2n) is 3.51. The molecular weight excluding hydrogens is 182 g/mol. The Balaban J connectivity index is 2.68. The molecule has 0 heterocycles. The summed E-state index contributed by atoms with van der Waals surface area (Å²) < 4.78 is 0. The standard InChI is InChI=1S/C11H16ClN/c1-2-11(13,9-12)8-10-6-4-3-5-7-10/h3-7H,2,8-9,13H2,1H3. The van der Waals surface area contributed by atoms with E-state index in [0.29, 0.717) is 5.88 Å². The zero-order valence-corrected chi connectivity index (χ0v) is 8.72. The number of halogens is 1. The molecule has 0 aromatic heterocycles. The van der Waals surface area contributed by atoms with Gasteiger partial charge in [-0.2, -0.15) is 0 Å². The summed E-state index contributed by atoms with van der Waals surface area (Å²) in [5.74, 6) is 0.512. The van der Waals surface area contributed by atoms with Gasteiger partial charge in [-0.3, -0.25) is 0 Å². The second kappa shape index (κ2) is 4.64. The number of benzene rings is 1. The molecule has 0 aliphatic heterocycles. The van der Waals surface area contributed by atoms with Crippen LogP contribution < -0.4 is 5.73 Å². The van der Waals surface area contributed by atoms with Crippen LogP contribution in [0.3, 0.4) is 0 Å². The molecule has 1 atom stereocenters. The van der Waals surface area contributed by atoms with E-state index in [1.54, 1.807) is 0 Å². The smallest absolute Gasteiger partial charge is 0.0407 e. The Morgan fingerprint density at radius 1 is 1.31 bits per heavy atom. The first kappa shape index (κ1) is 10.6. The van der Waals surface area contributed by atoms with Crippen LogP contribution >= 0.6 is 11.6 Å². The quantitative estimate of drug-likeness (QED) is 0.738. The summed E-state index contributed by atoms with van der Waals surface area (Å²) in [5, 5.41) is 0. The van der Waals surface area contributed by atoms with E-state index in [2.05, 4.69) is 19.1 Å². The zero-order valence-electron chi connectivity index (χ0n) is 7.96. The van der Waals surface area contributed by atoms with Crippen molar-refractivity contribution in [2.75, 3.05) is 5.88 Å². The lowest BCUT2D eigenvalue weighted by Gasteiger charge is -2.25. The lowest BCUT2D eigenvalue weighted by atomic mass is 9.91. The van der Waals surface area contributed by atoms with Gasteiger partial charge >= 0.3 is 0 Å². The molecule has 0 saturated heterocycles. The highest BCUT2D eigenvalue weighted by atomic mass is 35.5. The molecule has 1 rings (SSSR count). The van der Waals surface area contributed by atoms with Gasteiger partial charge in [0.15, 0.2) is 0 Å². The highest BCUT2D eigenvalue weighted by Crippen LogP contribution is 2.15. The summed E-state index contributed by atoms with van der Waals surface area (Å²) >= 11 is 5.83. The van der Waals surface area contributed by atoms with Crippen molar-refractivity contribution in [1.29, 1.82) is 0 Å². The van der Waals surface area contributed by atoms with Crippen LogP contribution in [0, 0.1) is 0 Å². The van der Waals surface area contributed by atoms with Crippen molar-refractivity contribution in [2.45, 2.75) is 25.3 Å². The van der Waals surface area contributed by atoms with E-state index in [4.69, 9.17) is 17.3 Å². The van der Waals surface area contributed by atoms with Crippen LogP contribution in [0.1, 0.15) is 18.9 Å². The molecule has 0 amide bonds. The molecule has 0 spiro atoms. The van der Waals surface area contributed by atoms with Crippen molar-refractivity contribution in [1.82, 2.24) is 0 Å². The van der Waals surface area contributed by atoms with Crippen LogP contribution in [-0.2, 0) is 6.42 Å². The minimum absolute atomic E-state index is 0.247. The highest BCUT2D eigenvalue weighted by Gasteiger charge is 2.21. The average molecular weight is 198 g/mol. The molecule has 1 unspecified atom stereocenters. The third-order valence-electron chi connectivity index (χ3n) is 2.37. The van der Waals surface area contributed by atoms with Crippen LogP contribution in [0.25, 0.3) is 0 Å². The fourth-order valence-electron chi connectivity index (χ4n) is 1.27. The topological polar surface area (TPSA) is 26.0 Å². The second-order valence-corrected chi connectivity index (χ2v) is 3.78. The summed E-state index contributed by atoms with van der Waals surface area (Å²) in [4.78, 5) is 0. The highest BCUT2D eigenvalue weighted by molar-refractivity contribution is 6.18. The van der Waals surface area contributed by atoms with Crippen molar-refractivity contribution in [3.63, 3.8) is 0 Å². The van der Waals surface area contributed by atoms with Crippen LogP contribution in [-0.4, -0.2) is 11.4 Å². The zero-order chi connectivity index (χ0) is 9.73. The number of hydrogen-bond donors (Lipinski definition) is 1. The third-order valence-corrected chi connectivity index (χ3v) is 2.90. The number of rotatable bonds is 4. The summed E-state index contributed by atoms with van der Waals surface area (Å²) in [5.41, 5.74) is 7.11. The predicted molar refractivity (Wildman–Crippen MR) is 58.1 cm³/mol. The molecule has 0 saturated carbocycles. The first-order chi connectivity index (χ1) is 6.20. The molecule has 0 aliphatic rings. The van der Waals surface area contributed by atoms with Gasteiger partial charge in [-0.05, 0) is 18.4 Å². The van der Waals surface area contributed by atoms with E-state index in [0.717, 1.165) is 12.8 Å². The summed E-state index contributed by atoms with van der Waals surface area (Å²) in [6.07, 6.45) is 1.76. The van der Waals surface area contributed by atoms with E-state index in [1.807, 2.05) is 18.2 Å². The third kappa shape index (κ3) is 3.02. The van der Waals surface area contributed by atoms with E-state index in [9.17, 15) is 0 Å². The lowest BCUT2D eigenvalue weighted by Crippen LogP contribution is -2.43. The van der Waals surface area contributed by atoms with Gasteiger partial charge in [0.1, 0.15) is 0 Å². The summed E-state index contributed by atoms with van der Waals surface area (Å²) in [6, 6.07) is 10.2. The van der Waals surface area contributed by atoms with Crippen LogP contribution in [0.4, 0.5) is 0 Å². The van der Waals surface area contributed by atoms with Crippen LogP contribution in [0.5, 0.6) is 0 Å². The Morgan fingerprint density at radius 2 is 1.92 bits per heavy atom. The van der Waals surface area contributed by atoms with E-state index < -0.39 is 0 Å². The molecular formula is C11H16ClN. The van der Waals surface area contributed by atoms with E-state index in [1.165, 1.54) is 5.56 Å². The van der Waals surface area contributed by atoms with Gasteiger partial charge in [0.25, 0.3) is 0 Å². The molecule has 1 aromatic carbocycles. The van der Waals surface area contributed by atoms with E-state index in [-0.39, 0.29) is 5.54 Å². The molecule has 0 aliphatic carbocycles. The van der Waals surface area contributed by atoms with Gasteiger partial charge in [0.2, 0.25) is 0 Å². The molecule has 2 N–H and O–H groups in total. The number of hydrogen-bond acceptors (Lipinski definition) is 1. The van der Waals surface area contributed by atoms with Crippen molar-refractivity contribution in [3.05, 3.63) is 35.9 Å². The molecule has 0 radical (unpaired) electrons. The molecule has 0 fully saturated rings. The van der Waals surface area contributed by atoms with Crippen LogP contribution in [0.15, 0.2) is 30.3 Å². The van der Waals surface area contributed by atoms with Crippen molar-refractivity contribution in [3.8, 4) is 0 Å². The molecule has 0 bridgehead atoms. The van der Waals surface area contributed by atoms with Gasteiger partial charge in [-0.25, -0.2) is 0 Å². The van der Waals surface area contributed by atoms with Gasteiger partial charge in [0, 0.05) is 11.4 Å². The Kier molecular flexibility index (Phi) is 3.76. The fourth-order valence-corrected chi connectivity index (χ4v) is 1.55. The Hall–Kier alpha value is -0.530. The largest absolute Gasteiger partial charge is 0.324 e. The molecule has 1 nitrogen and oxygen atoms in total. The molecule has 72 valence electrons. The normalized spacial score (nSPS) is 15.3. The van der Waals surface area contributed by atoms with Gasteiger partial charge in [-0.15, -0.1) is 11.6 Å². The maximum absolute atomic E-state index is 6.10. The Morgan fingerprint density at radius 3 is 2.38 bits per heavy atom. The fraction of sp³-hybridized carbons (Fsp3) is 0.455. The first-order valence-electron chi connectivity index (χ1n) is 4.59. The Bertz CT molecular complexity index is 242. The first-order valence-corrected chi connectivity index (χ1v) is 5.12. The number of alkyl halides is 1. The Labute approximate surface area is 84.9 Å². The summed E-state index contributed by atoms with van der Waals surface area (Å²) in [7, 11) is 0. The van der Waals surface area contributed by atoms with Crippen molar-refractivity contribution < 1.29 is 0 Å². The predicted octanol–water partition coefficient (Wildman–Crippen LogP) is 2.58. The van der Waals surface area contributed by atoms with E-state index >= 15 is 0 Å². The van der Waals surface area contributed by atoms with Gasteiger partial charge in [-0.1, -0.05) is 37.3 Å². The van der Waals surface area contributed by atoms with Crippen LogP contribution in [0.2, 0.25) is 0 Å². The monoisotopic (exact) mass is 197 g/mol. The van der Waals surface area contributed by atoms with Gasteiger partial charge in [0.05, 0.1) is 0 Å². The average Bonchev–Trinajstić information content (AvgIpc) is 2.19. The minimum Gasteiger partial charge on any atom is -0.324 e. The maximum atomic E-state index is 6.10. The molecule has 1 aromatic rings. The number of nitrogens with two attached hydrogens (primary N) is 1. The molecule has 2 heteroatoms. The minimum atomic E-state index is -0.247. The van der Waals surface area contributed by atoms with Gasteiger partial charge < -0.3 is 5.73 Å².